The standard InChI is InChI=1S/C18H20N4O3/c1-24-15-4-2-3-13-16(22-25-17(13)15)14-9-10-19-18(21-14)20-11-5-7-12(23)8-6-11/h2-4,9-12,23H,5-8H2,1H3,(H,19,20,21). The number of aliphatic hydroxyl groups excluding tert-OH is 1. The Bertz CT molecular complexity index is 872. The van der Waals surface area contributed by atoms with Crippen molar-refractivity contribution in [2.24, 2.45) is 0 Å². The zero-order valence-electron chi connectivity index (χ0n) is 14.0. The summed E-state index contributed by atoms with van der Waals surface area (Å²) in [4.78, 5) is 8.89. The second kappa shape index (κ2) is 6.68. The highest BCUT2D eigenvalue weighted by Gasteiger charge is 2.20. The summed E-state index contributed by atoms with van der Waals surface area (Å²) in [6, 6.07) is 7.76. The number of methoxy groups -OCH3 is 1. The van der Waals surface area contributed by atoms with Crippen LogP contribution in [0.15, 0.2) is 35.0 Å². The molecule has 0 aliphatic heterocycles. The fraction of sp³-hybridized carbons (Fsp3) is 0.389. The lowest BCUT2D eigenvalue weighted by Gasteiger charge is -2.26. The van der Waals surface area contributed by atoms with E-state index in [-0.39, 0.29) is 12.1 Å². The number of nitrogens with one attached hydrogen (secondary N) is 1. The number of rotatable bonds is 4. The van der Waals surface area contributed by atoms with Crippen molar-refractivity contribution in [2.45, 2.75) is 37.8 Å². The SMILES string of the molecule is COc1cccc2c(-c3ccnc(NC4CCC(O)CC4)n3)noc12. The number of para-hydroxylation sites is 1. The first-order valence-electron chi connectivity index (χ1n) is 8.45. The Balaban J connectivity index is 1.61. The van der Waals surface area contributed by atoms with E-state index < -0.39 is 0 Å². The van der Waals surface area contributed by atoms with Crippen molar-refractivity contribution >= 4 is 16.9 Å². The zero-order valence-corrected chi connectivity index (χ0v) is 14.0. The van der Waals surface area contributed by atoms with Gasteiger partial charge in [0.2, 0.25) is 11.5 Å². The first-order valence-corrected chi connectivity index (χ1v) is 8.45. The first kappa shape index (κ1) is 15.8. The Morgan fingerprint density at radius 2 is 2.04 bits per heavy atom. The Morgan fingerprint density at radius 3 is 2.84 bits per heavy atom. The lowest BCUT2D eigenvalue weighted by molar-refractivity contribution is 0.126. The first-order chi connectivity index (χ1) is 12.2. The fourth-order valence-electron chi connectivity index (χ4n) is 3.25. The highest BCUT2D eigenvalue weighted by molar-refractivity contribution is 5.93. The monoisotopic (exact) mass is 340 g/mol. The predicted molar refractivity (Wildman–Crippen MR) is 93.5 cm³/mol. The maximum atomic E-state index is 9.62. The molecule has 1 aliphatic rings. The molecule has 0 saturated heterocycles. The summed E-state index contributed by atoms with van der Waals surface area (Å²) in [7, 11) is 1.60. The summed E-state index contributed by atoms with van der Waals surface area (Å²) in [5, 5.41) is 18.0. The van der Waals surface area contributed by atoms with Crippen LogP contribution in [0.5, 0.6) is 5.75 Å². The van der Waals surface area contributed by atoms with Gasteiger partial charge in [0.15, 0.2) is 5.75 Å². The summed E-state index contributed by atoms with van der Waals surface area (Å²) < 4.78 is 10.8. The molecule has 4 rings (SSSR count). The molecule has 25 heavy (non-hydrogen) atoms. The Kier molecular flexibility index (Phi) is 4.23. The minimum atomic E-state index is -0.179. The van der Waals surface area contributed by atoms with E-state index in [0.717, 1.165) is 31.1 Å². The van der Waals surface area contributed by atoms with Gasteiger partial charge in [-0.3, -0.25) is 0 Å². The largest absolute Gasteiger partial charge is 0.493 e. The van der Waals surface area contributed by atoms with Crippen molar-refractivity contribution in [3.63, 3.8) is 0 Å². The molecular weight excluding hydrogens is 320 g/mol. The summed E-state index contributed by atoms with van der Waals surface area (Å²) in [5.74, 6) is 1.21. The van der Waals surface area contributed by atoms with Gasteiger partial charge in [0.05, 0.1) is 24.3 Å². The average molecular weight is 340 g/mol. The maximum Gasteiger partial charge on any atom is 0.223 e. The molecule has 2 heterocycles. The number of hydrogen-bond acceptors (Lipinski definition) is 7. The number of nitrogens with zero attached hydrogens (tertiary/aromatic N) is 3. The van der Waals surface area contributed by atoms with E-state index in [4.69, 9.17) is 9.26 Å². The number of aliphatic hydroxyl groups is 1. The van der Waals surface area contributed by atoms with E-state index in [1.807, 2.05) is 24.3 Å². The van der Waals surface area contributed by atoms with Gasteiger partial charge in [-0.15, -0.1) is 0 Å². The van der Waals surface area contributed by atoms with Gasteiger partial charge in [-0.2, -0.15) is 0 Å². The van der Waals surface area contributed by atoms with Gasteiger partial charge in [0.1, 0.15) is 5.69 Å². The molecule has 7 nitrogen and oxygen atoms in total. The average Bonchev–Trinajstić information content (AvgIpc) is 3.08. The molecule has 2 aromatic heterocycles. The number of ether oxygens (including phenoxy) is 1. The Morgan fingerprint density at radius 1 is 1.20 bits per heavy atom. The molecule has 7 heteroatoms. The second-order valence-electron chi connectivity index (χ2n) is 6.28. The van der Waals surface area contributed by atoms with Crippen LogP contribution in [-0.4, -0.2) is 39.5 Å². The molecule has 0 radical (unpaired) electrons. The van der Waals surface area contributed by atoms with Crippen LogP contribution in [0, 0.1) is 0 Å². The zero-order chi connectivity index (χ0) is 17.2. The highest BCUT2D eigenvalue weighted by atomic mass is 16.5. The van der Waals surface area contributed by atoms with E-state index in [0.29, 0.717) is 28.7 Å². The van der Waals surface area contributed by atoms with Crippen molar-refractivity contribution in [3.05, 3.63) is 30.5 Å². The van der Waals surface area contributed by atoms with E-state index in [9.17, 15) is 5.11 Å². The van der Waals surface area contributed by atoms with Gasteiger partial charge >= 0.3 is 0 Å². The molecule has 0 unspecified atom stereocenters. The van der Waals surface area contributed by atoms with E-state index in [1.54, 1.807) is 13.3 Å². The minimum Gasteiger partial charge on any atom is -0.493 e. The molecule has 0 amide bonds. The Hall–Kier alpha value is -2.67. The topological polar surface area (TPSA) is 93.3 Å². The highest BCUT2D eigenvalue weighted by Crippen LogP contribution is 2.32. The van der Waals surface area contributed by atoms with Crippen LogP contribution >= 0.6 is 0 Å². The molecule has 1 aliphatic carbocycles. The van der Waals surface area contributed by atoms with Crippen LogP contribution in [0.3, 0.4) is 0 Å². The lowest BCUT2D eigenvalue weighted by atomic mass is 9.93. The van der Waals surface area contributed by atoms with Crippen LogP contribution in [0.1, 0.15) is 25.7 Å². The van der Waals surface area contributed by atoms with Crippen molar-refractivity contribution in [2.75, 3.05) is 12.4 Å². The van der Waals surface area contributed by atoms with Gasteiger partial charge in [-0.05, 0) is 43.9 Å². The minimum absolute atomic E-state index is 0.179. The quantitative estimate of drug-likeness (QED) is 0.754. The predicted octanol–water partition coefficient (Wildman–Crippen LogP) is 3.01. The van der Waals surface area contributed by atoms with Gasteiger partial charge in [-0.25, -0.2) is 9.97 Å². The van der Waals surface area contributed by atoms with Crippen LogP contribution in [0.25, 0.3) is 22.4 Å². The normalized spacial score (nSPS) is 20.6. The second-order valence-corrected chi connectivity index (χ2v) is 6.28. The number of fused-ring (bicyclic) bond motifs is 1. The van der Waals surface area contributed by atoms with Gasteiger partial charge in [0, 0.05) is 12.2 Å². The summed E-state index contributed by atoms with van der Waals surface area (Å²) >= 11 is 0. The van der Waals surface area contributed by atoms with E-state index in [2.05, 4.69) is 20.4 Å². The smallest absolute Gasteiger partial charge is 0.223 e. The van der Waals surface area contributed by atoms with E-state index >= 15 is 0 Å². The third-order valence-corrected chi connectivity index (χ3v) is 4.61. The molecule has 1 saturated carbocycles. The van der Waals surface area contributed by atoms with Gasteiger partial charge in [-0.1, -0.05) is 11.2 Å². The van der Waals surface area contributed by atoms with Crippen molar-refractivity contribution in [3.8, 4) is 17.1 Å². The molecule has 2 N–H and O–H groups in total. The Labute approximate surface area is 145 Å². The molecule has 0 bridgehead atoms. The third-order valence-electron chi connectivity index (χ3n) is 4.61. The number of anilines is 1. The molecule has 3 aromatic rings. The van der Waals surface area contributed by atoms with Crippen molar-refractivity contribution in [1.82, 2.24) is 15.1 Å². The number of aromatic nitrogens is 3. The summed E-state index contributed by atoms with van der Waals surface area (Å²) in [5.41, 5.74) is 1.97. The molecule has 1 aromatic carbocycles. The van der Waals surface area contributed by atoms with Crippen LogP contribution in [0.2, 0.25) is 0 Å². The molecular formula is C18H20N4O3. The van der Waals surface area contributed by atoms with Crippen LogP contribution in [0.4, 0.5) is 5.95 Å². The summed E-state index contributed by atoms with van der Waals surface area (Å²) in [6.07, 6.45) is 4.98. The van der Waals surface area contributed by atoms with Gasteiger partial charge < -0.3 is 19.7 Å². The van der Waals surface area contributed by atoms with Crippen LogP contribution < -0.4 is 10.1 Å². The molecule has 1 fully saturated rings. The number of benzene rings is 1. The molecule has 130 valence electrons. The molecule has 0 spiro atoms. The third kappa shape index (κ3) is 3.15. The fourth-order valence-corrected chi connectivity index (χ4v) is 3.25. The number of hydrogen-bond donors (Lipinski definition) is 2. The lowest BCUT2D eigenvalue weighted by Crippen LogP contribution is -2.28. The van der Waals surface area contributed by atoms with Crippen molar-refractivity contribution < 1.29 is 14.4 Å². The van der Waals surface area contributed by atoms with Crippen LogP contribution in [-0.2, 0) is 0 Å². The molecule has 0 atom stereocenters. The maximum absolute atomic E-state index is 9.62. The summed E-state index contributed by atoms with van der Waals surface area (Å²) in [6.45, 7) is 0. The van der Waals surface area contributed by atoms with E-state index in [1.165, 1.54) is 0 Å². The van der Waals surface area contributed by atoms with Gasteiger partial charge in [0.25, 0.3) is 0 Å². The van der Waals surface area contributed by atoms with Crippen molar-refractivity contribution in [1.29, 1.82) is 0 Å².